The summed E-state index contributed by atoms with van der Waals surface area (Å²) in [6.45, 7) is 5.51. The number of hydrogen-bond donors (Lipinski definition) is 0. The summed E-state index contributed by atoms with van der Waals surface area (Å²) < 4.78 is 5.69. The van der Waals surface area contributed by atoms with E-state index in [0.29, 0.717) is 33.8 Å². The SMILES string of the molecule is CC(C)(C)N1C(=O)c2ccc(-c3nc4ncccc4o3)cc2C1=O. The Balaban J connectivity index is 1.82. The number of carbonyl (C=O) groups is 2. The van der Waals surface area contributed by atoms with Gasteiger partial charge in [0.05, 0.1) is 11.1 Å². The van der Waals surface area contributed by atoms with E-state index < -0.39 is 5.54 Å². The summed E-state index contributed by atoms with van der Waals surface area (Å²) >= 11 is 0. The minimum Gasteiger partial charge on any atom is -0.434 e. The zero-order valence-electron chi connectivity index (χ0n) is 13.5. The molecule has 0 fully saturated rings. The number of aromatic nitrogens is 2. The van der Waals surface area contributed by atoms with Gasteiger partial charge in [0.25, 0.3) is 11.8 Å². The number of hydrogen-bond acceptors (Lipinski definition) is 5. The number of imide groups is 1. The van der Waals surface area contributed by atoms with E-state index in [1.54, 1.807) is 36.5 Å². The van der Waals surface area contributed by atoms with Crippen LogP contribution in [-0.4, -0.2) is 32.2 Å². The van der Waals surface area contributed by atoms with E-state index in [2.05, 4.69) is 9.97 Å². The number of fused-ring (bicyclic) bond motifs is 2. The van der Waals surface area contributed by atoms with Gasteiger partial charge in [-0.2, -0.15) is 4.98 Å². The summed E-state index contributed by atoms with van der Waals surface area (Å²) in [5.74, 6) is -0.187. The number of carbonyl (C=O) groups excluding carboxylic acids is 2. The van der Waals surface area contributed by atoms with Gasteiger partial charge in [-0.3, -0.25) is 14.5 Å². The van der Waals surface area contributed by atoms with Crippen LogP contribution < -0.4 is 0 Å². The molecule has 2 amide bonds. The van der Waals surface area contributed by atoms with Crippen molar-refractivity contribution >= 4 is 23.0 Å². The lowest BCUT2D eigenvalue weighted by atomic mass is 10.1. The number of nitrogens with zero attached hydrogens (tertiary/aromatic N) is 3. The molecule has 4 rings (SSSR count). The normalized spacial score (nSPS) is 14.5. The maximum Gasteiger partial charge on any atom is 0.262 e. The van der Waals surface area contributed by atoms with Crippen LogP contribution in [0.15, 0.2) is 40.9 Å². The van der Waals surface area contributed by atoms with Crippen molar-refractivity contribution in [3.05, 3.63) is 47.7 Å². The predicted octanol–water partition coefficient (Wildman–Crippen LogP) is 3.28. The Labute approximate surface area is 138 Å². The maximum absolute atomic E-state index is 12.7. The largest absolute Gasteiger partial charge is 0.434 e. The highest BCUT2D eigenvalue weighted by molar-refractivity contribution is 6.22. The van der Waals surface area contributed by atoms with Crippen LogP contribution in [0.2, 0.25) is 0 Å². The molecule has 0 unspecified atom stereocenters. The topological polar surface area (TPSA) is 76.3 Å². The molecule has 1 aliphatic heterocycles. The quantitative estimate of drug-likeness (QED) is 0.643. The van der Waals surface area contributed by atoms with Crippen molar-refractivity contribution in [2.45, 2.75) is 26.3 Å². The van der Waals surface area contributed by atoms with Crippen molar-refractivity contribution in [3.8, 4) is 11.5 Å². The lowest BCUT2D eigenvalue weighted by Gasteiger charge is -2.29. The molecular formula is C18H15N3O3. The second-order valence-electron chi connectivity index (χ2n) is 6.72. The van der Waals surface area contributed by atoms with Gasteiger partial charge in [-0.05, 0) is 51.1 Å². The van der Waals surface area contributed by atoms with Gasteiger partial charge < -0.3 is 4.42 Å². The Hall–Kier alpha value is -3.02. The first-order valence-corrected chi connectivity index (χ1v) is 7.61. The number of pyridine rings is 1. The van der Waals surface area contributed by atoms with Crippen LogP contribution in [0.4, 0.5) is 0 Å². The summed E-state index contributed by atoms with van der Waals surface area (Å²) in [7, 11) is 0. The fourth-order valence-corrected chi connectivity index (χ4v) is 2.88. The first-order chi connectivity index (χ1) is 11.4. The minimum atomic E-state index is -0.575. The molecule has 6 nitrogen and oxygen atoms in total. The monoisotopic (exact) mass is 321 g/mol. The molecule has 0 atom stereocenters. The van der Waals surface area contributed by atoms with Crippen molar-refractivity contribution in [1.82, 2.24) is 14.9 Å². The Kier molecular flexibility index (Phi) is 2.87. The van der Waals surface area contributed by atoms with Crippen LogP contribution in [0.5, 0.6) is 0 Å². The molecule has 2 aromatic heterocycles. The average Bonchev–Trinajstić information content (AvgIpc) is 3.06. The molecule has 120 valence electrons. The van der Waals surface area contributed by atoms with E-state index in [9.17, 15) is 9.59 Å². The summed E-state index contributed by atoms with van der Waals surface area (Å²) in [5.41, 5.74) is 1.94. The van der Waals surface area contributed by atoms with E-state index in [-0.39, 0.29) is 11.8 Å². The first kappa shape index (κ1) is 14.6. The van der Waals surface area contributed by atoms with Crippen LogP contribution in [0, 0.1) is 0 Å². The molecule has 0 N–H and O–H groups in total. The lowest BCUT2D eigenvalue weighted by molar-refractivity contribution is 0.0508. The summed E-state index contributed by atoms with van der Waals surface area (Å²) in [5, 5.41) is 0. The molecule has 0 spiro atoms. The van der Waals surface area contributed by atoms with E-state index in [4.69, 9.17) is 4.42 Å². The molecule has 6 heteroatoms. The number of oxazole rings is 1. The Bertz CT molecular complexity index is 965. The van der Waals surface area contributed by atoms with Crippen molar-refractivity contribution < 1.29 is 14.0 Å². The molecule has 24 heavy (non-hydrogen) atoms. The standard InChI is InChI=1S/C18H15N3O3/c1-18(2,3)21-16(22)11-7-6-10(9-12(11)17(21)23)15-20-14-13(24-15)5-4-8-19-14/h4-9H,1-3H3. The molecule has 3 heterocycles. The van der Waals surface area contributed by atoms with E-state index in [1.165, 1.54) is 4.90 Å². The summed E-state index contributed by atoms with van der Waals surface area (Å²) in [6.07, 6.45) is 1.64. The van der Waals surface area contributed by atoms with Crippen molar-refractivity contribution in [2.75, 3.05) is 0 Å². The van der Waals surface area contributed by atoms with Crippen molar-refractivity contribution in [1.29, 1.82) is 0 Å². The molecule has 0 bridgehead atoms. The van der Waals surface area contributed by atoms with Gasteiger partial charge in [0.1, 0.15) is 0 Å². The molecule has 0 saturated heterocycles. The van der Waals surface area contributed by atoms with Gasteiger partial charge in [-0.15, -0.1) is 0 Å². The lowest BCUT2D eigenvalue weighted by Crippen LogP contribution is -2.45. The molecule has 0 saturated carbocycles. The maximum atomic E-state index is 12.7. The first-order valence-electron chi connectivity index (χ1n) is 7.61. The molecule has 1 aromatic carbocycles. The number of rotatable bonds is 1. The van der Waals surface area contributed by atoms with Crippen LogP contribution in [0.3, 0.4) is 0 Å². The van der Waals surface area contributed by atoms with Crippen LogP contribution in [-0.2, 0) is 0 Å². The third kappa shape index (κ3) is 2.03. The Morgan fingerprint density at radius 1 is 1.04 bits per heavy atom. The second-order valence-corrected chi connectivity index (χ2v) is 6.72. The highest BCUT2D eigenvalue weighted by atomic mass is 16.3. The van der Waals surface area contributed by atoms with Gasteiger partial charge in [0.2, 0.25) is 5.89 Å². The second kappa shape index (κ2) is 4.74. The van der Waals surface area contributed by atoms with E-state index in [1.807, 2.05) is 20.8 Å². The molecule has 0 radical (unpaired) electrons. The van der Waals surface area contributed by atoms with Crippen LogP contribution >= 0.6 is 0 Å². The third-order valence-electron chi connectivity index (χ3n) is 3.97. The van der Waals surface area contributed by atoms with E-state index in [0.717, 1.165) is 0 Å². The molecule has 1 aliphatic rings. The fourth-order valence-electron chi connectivity index (χ4n) is 2.88. The third-order valence-corrected chi connectivity index (χ3v) is 3.97. The smallest absolute Gasteiger partial charge is 0.262 e. The number of benzene rings is 1. The zero-order chi connectivity index (χ0) is 17.1. The van der Waals surface area contributed by atoms with Crippen molar-refractivity contribution in [2.24, 2.45) is 0 Å². The average molecular weight is 321 g/mol. The van der Waals surface area contributed by atoms with Gasteiger partial charge in [0.15, 0.2) is 11.2 Å². The Morgan fingerprint density at radius 2 is 1.79 bits per heavy atom. The van der Waals surface area contributed by atoms with Gasteiger partial charge in [-0.25, -0.2) is 4.98 Å². The molecule has 0 aliphatic carbocycles. The minimum absolute atomic E-state index is 0.270. The van der Waals surface area contributed by atoms with Crippen molar-refractivity contribution in [3.63, 3.8) is 0 Å². The number of amides is 2. The summed E-state index contributed by atoms with van der Waals surface area (Å²) in [4.78, 5) is 34.9. The van der Waals surface area contributed by atoms with Gasteiger partial charge >= 0.3 is 0 Å². The van der Waals surface area contributed by atoms with Gasteiger partial charge in [0, 0.05) is 17.3 Å². The highest BCUT2D eigenvalue weighted by Gasteiger charge is 2.42. The zero-order valence-corrected chi connectivity index (χ0v) is 13.5. The van der Waals surface area contributed by atoms with E-state index >= 15 is 0 Å². The fraction of sp³-hybridized carbons (Fsp3) is 0.222. The highest BCUT2D eigenvalue weighted by Crippen LogP contribution is 2.32. The predicted molar refractivity (Wildman–Crippen MR) is 87.5 cm³/mol. The van der Waals surface area contributed by atoms with Crippen LogP contribution in [0.25, 0.3) is 22.7 Å². The Morgan fingerprint density at radius 3 is 2.50 bits per heavy atom. The molecule has 3 aromatic rings. The molecular weight excluding hydrogens is 306 g/mol. The van der Waals surface area contributed by atoms with Crippen LogP contribution in [0.1, 0.15) is 41.5 Å². The van der Waals surface area contributed by atoms with Gasteiger partial charge in [-0.1, -0.05) is 0 Å². The summed E-state index contributed by atoms with van der Waals surface area (Å²) in [6, 6.07) is 8.59.